The molecule has 0 bridgehead atoms. The maximum Gasteiger partial charge on any atom is 0.0255 e. The highest BCUT2D eigenvalue weighted by Crippen LogP contribution is 2.38. The van der Waals surface area contributed by atoms with Gasteiger partial charge in [0.15, 0.2) is 0 Å². The van der Waals surface area contributed by atoms with Crippen molar-refractivity contribution in [2.45, 2.75) is 90.3 Å². The third-order valence-corrected chi connectivity index (χ3v) is 5.47. The molecule has 2 rings (SSSR count). The molecule has 0 saturated heterocycles. The van der Waals surface area contributed by atoms with E-state index in [1.165, 1.54) is 57.9 Å². The van der Waals surface area contributed by atoms with E-state index < -0.39 is 0 Å². The molecule has 0 amide bonds. The summed E-state index contributed by atoms with van der Waals surface area (Å²) >= 11 is 0. The maximum atomic E-state index is 6.60. The Morgan fingerprint density at radius 3 is 2.33 bits per heavy atom. The fraction of sp³-hybridized carbons (Fsp3) is 1.00. The van der Waals surface area contributed by atoms with E-state index in [1.807, 2.05) is 0 Å². The molecule has 18 heavy (non-hydrogen) atoms. The van der Waals surface area contributed by atoms with Gasteiger partial charge in [-0.3, -0.25) is 4.90 Å². The molecule has 2 unspecified atom stereocenters. The van der Waals surface area contributed by atoms with Crippen molar-refractivity contribution in [3.05, 3.63) is 0 Å². The lowest BCUT2D eigenvalue weighted by molar-refractivity contribution is 0.0306. The van der Waals surface area contributed by atoms with Gasteiger partial charge in [-0.15, -0.1) is 0 Å². The predicted molar refractivity (Wildman–Crippen MR) is 78.6 cm³/mol. The summed E-state index contributed by atoms with van der Waals surface area (Å²) in [5.41, 5.74) is 6.92. The average molecular weight is 252 g/mol. The molecule has 2 nitrogen and oxygen atoms in total. The van der Waals surface area contributed by atoms with Crippen molar-refractivity contribution in [1.82, 2.24) is 4.90 Å². The maximum absolute atomic E-state index is 6.60. The molecule has 2 aliphatic carbocycles. The number of rotatable bonds is 3. The summed E-state index contributed by atoms with van der Waals surface area (Å²) in [6.45, 7) is 8.22. The SMILES string of the molecule is CCN(C1CCCCC1)C1CCCC(C)(C)C1N. The largest absolute Gasteiger partial charge is 0.326 e. The number of hydrogen-bond acceptors (Lipinski definition) is 2. The third-order valence-electron chi connectivity index (χ3n) is 5.47. The normalized spacial score (nSPS) is 33.8. The van der Waals surface area contributed by atoms with Crippen LogP contribution in [0.1, 0.15) is 72.1 Å². The molecule has 2 saturated carbocycles. The molecule has 0 aromatic rings. The van der Waals surface area contributed by atoms with Crippen molar-refractivity contribution in [3.8, 4) is 0 Å². The average Bonchev–Trinajstić information content (AvgIpc) is 2.37. The fourth-order valence-corrected chi connectivity index (χ4v) is 4.18. The van der Waals surface area contributed by atoms with Crippen LogP contribution in [0.5, 0.6) is 0 Å². The Labute approximate surface area is 113 Å². The molecule has 2 heteroatoms. The molecular weight excluding hydrogens is 220 g/mol. The molecule has 2 aliphatic rings. The highest BCUT2D eigenvalue weighted by molar-refractivity contribution is 4.97. The van der Waals surface area contributed by atoms with Gasteiger partial charge in [0.2, 0.25) is 0 Å². The summed E-state index contributed by atoms with van der Waals surface area (Å²) in [5, 5.41) is 0. The van der Waals surface area contributed by atoms with Crippen LogP contribution in [0.4, 0.5) is 0 Å². The molecule has 2 atom stereocenters. The first-order valence-corrected chi connectivity index (χ1v) is 8.07. The van der Waals surface area contributed by atoms with Crippen LogP contribution < -0.4 is 5.73 Å². The van der Waals surface area contributed by atoms with Gasteiger partial charge in [0, 0.05) is 18.1 Å². The van der Waals surface area contributed by atoms with Gasteiger partial charge in [0.1, 0.15) is 0 Å². The van der Waals surface area contributed by atoms with Gasteiger partial charge >= 0.3 is 0 Å². The fourth-order valence-electron chi connectivity index (χ4n) is 4.18. The van der Waals surface area contributed by atoms with Crippen LogP contribution in [0.2, 0.25) is 0 Å². The van der Waals surface area contributed by atoms with Crippen LogP contribution in [0, 0.1) is 5.41 Å². The van der Waals surface area contributed by atoms with Crippen LogP contribution in [0.3, 0.4) is 0 Å². The van der Waals surface area contributed by atoms with Crippen molar-refractivity contribution < 1.29 is 0 Å². The highest BCUT2D eigenvalue weighted by atomic mass is 15.2. The van der Waals surface area contributed by atoms with Crippen LogP contribution in [0.15, 0.2) is 0 Å². The lowest BCUT2D eigenvalue weighted by Crippen LogP contribution is -2.59. The Morgan fingerprint density at radius 2 is 1.72 bits per heavy atom. The van der Waals surface area contributed by atoms with Crippen molar-refractivity contribution in [1.29, 1.82) is 0 Å². The second-order valence-electron chi connectivity index (χ2n) is 7.10. The van der Waals surface area contributed by atoms with E-state index in [2.05, 4.69) is 25.7 Å². The molecule has 0 aromatic carbocycles. The Bertz CT molecular complexity index is 256. The van der Waals surface area contributed by atoms with E-state index in [4.69, 9.17) is 5.73 Å². The van der Waals surface area contributed by atoms with E-state index in [1.54, 1.807) is 0 Å². The minimum absolute atomic E-state index is 0.324. The van der Waals surface area contributed by atoms with Gasteiger partial charge < -0.3 is 5.73 Å². The van der Waals surface area contributed by atoms with Crippen molar-refractivity contribution in [2.24, 2.45) is 11.1 Å². The molecule has 2 N–H and O–H groups in total. The zero-order valence-electron chi connectivity index (χ0n) is 12.6. The Morgan fingerprint density at radius 1 is 1.06 bits per heavy atom. The smallest absolute Gasteiger partial charge is 0.0255 e. The molecule has 0 heterocycles. The first-order chi connectivity index (χ1) is 8.56. The predicted octanol–water partition coefficient (Wildman–Crippen LogP) is 3.55. The first kappa shape index (κ1) is 14.3. The van der Waals surface area contributed by atoms with Gasteiger partial charge in [0.05, 0.1) is 0 Å². The third kappa shape index (κ3) is 2.91. The first-order valence-electron chi connectivity index (χ1n) is 8.07. The van der Waals surface area contributed by atoms with Crippen LogP contribution in [-0.4, -0.2) is 29.6 Å². The van der Waals surface area contributed by atoms with Gasteiger partial charge in [-0.25, -0.2) is 0 Å². The number of nitrogens with zero attached hydrogens (tertiary/aromatic N) is 1. The van der Waals surface area contributed by atoms with Crippen LogP contribution in [0.25, 0.3) is 0 Å². The summed E-state index contributed by atoms with van der Waals surface area (Å²) in [5.74, 6) is 0. The number of nitrogens with two attached hydrogens (primary N) is 1. The molecule has 0 radical (unpaired) electrons. The van der Waals surface area contributed by atoms with Crippen molar-refractivity contribution >= 4 is 0 Å². The monoisotopic (exact) mass is 252 g/mol. The molecule has 0 spiro atoms. The second-order valence-corrected chi connectivity index (χ2v) is 7.10. The number of hydrogen-bond donors (Lipinski definition) is 1. The second kappa shape index (κ2) is 5.92. The molecule has 2 fully saturated rings. The van der Waals surface area contributed by atoms with Gasteiger partial charge in [-0.2, -0.15) is 0 Å². The summed E-state index contributed by atoms with van der Waals surface area (Å²) < 4.78 is 0. The van der Waals surface area contributed by atoms with Crippen molar-refractivity contribution in [2.75, 3.05) is 6.54 Å². The highest BCUT2D eigenvalue weighted by Gasteiger charge is 2.40. The number of likely N-dealkylation sites (N-methyl/N-ethyl adjacent to an activating group) is 1. The standard InChI is InChI=1S/C16H32N2/c1-4-18(13-9-6-5-7-10-13)14-11-8-12-16(2,3)15(14)17/h13-15H,4-12,17H2,1-3H3. The quantitative estimate of drug-likeness (QED) is 0.832. The van der Waals surface area contributed by atoms with Crippen LogP contribution >= 0.6 is 0 Å². The van der Waals surface area contributed by atoms with E-state index in [0.29, 0.717) is 17.5 Å². The summed E-state index contributed by atoms with van der Waals surface area (Å²) in [4.78, 5) is 2.75. The summed E-state index contributed by atoms with van der Waals surface area (Å²) in [6, 6.07) is 1.80. The van der Waals surface area contributed by atoms with Gasteiger partial charge in [-0.05, 0) is 37.6 Å². The van der Waals surface area contributed by atoms with Crippen LogP contribution in [-0.2, 0) is 0 Å². The van der Waals surface area contributed by atoms with E-state index in [0.717, 1.165) is 6.04 Å². The van der Waals surface area contributed by atoms with Gasteiger partial charge in [0.25, 0.3) is 0 Å². The topological polar surface area (TPSA) is 29.3 Å². The zero-order chi connectivity index (χ0) is 13.2. The summed E-state index contributed by atoms with van der Waals surface area (Å²) in [6.07, 6.45) is 11.1. The van der Waals surface area contributed by atoms with Crippen molar-refractivity contribution in [3.63, 3.8) is 0 Å². The lowest BCUT2D eigenvalue weighted by Gasteiger charge is -2.49. The van der Waals surface area contributed by atoms with Gasteiger partial charge in [-0.1, -0.05) is 46.5 Å². The van der Waals surface area contributed by atoms with E-state index in [9.17, 15) is 0 Å². The minimum Gasteiger partial charge on any atom is -0.326 e. The zero-order valence-corrected chi connectivity index (χ0v) is 12.6. The minimum atomic E-state index is 0.324. The lowest BCUT2D eigenvalue weighted by atomic mass is 9.70. The van der Waals surface area contributed by atoms with E-state index >= 15 is 0 Å². The van der Waals surface area contributed by atoms with E-state index in [-0.39, 0.29) is 0 Å². The Kier molecular flexibility index (Phi) is 4.71. The summed E-state index contributed by atoms with van der Waals surface area (Å²) in [7, 11) is 0. The molecular formula is C16H32N2. The molecule has 0 aromatic heterocycles. The Balaban J connectivity index is 2.06. The molecule has 0 aliphatic heterocycles. The Hall–Kier alpha value is -0.0800. The molecule has 106 valence electrons.